The fourth-order valence-electron chi connectivity index (χ4n) is 3.17. The minimum absolute atomic E-state index is 0.0961. The molecule has 0 aromatic heterocycles. The maximum atomic E-state index is 13.7. The molecule has 2 N–H and O–H groups in total. The molecule has 1 saturated heterocycles. The van der Waals surface area contributed by atoms with Gasteiger partial charge in [-0.3, -0.25) is 0 Å². The third-order valence-corrected chi connectivity index (χ3v) is 4.81. The molecule has 0 radical (unpaired) electrons. The lowest BCUT2D eigenvalue weighted by Crippen LogP contribution is -2.46. The van der Waals surface area contributed by atoms with Gasteiger partial charge in [-0.1, -0.05) is 12.1 Å². The molecule has 2 unspecified atom stereocenters. The van der Waals surface area contributed by atoms with Gasteiger partial charge in [0.2, 0.25) is 0 Å². The van der Waals surface area contributed by atoms with E-state index in [0.29, 0.717) is 24.2 Å². The van der Waals surface area contributed by atoms with E-state index in [4.69, 9.17) is 0 Å². The molecular formula is C18H27FN2O2. The summed E-state index contributed by atoms with van der Waals surface area (Å²) in [6, 6.07) is 3.30. The summed E-state index contributed by atoms with van der Waals surface area (Å²) in [6.45, 7) is 8.52. The van der Waals surface area contributed by atoms with Crippen molar-refractivity contribution in [2.75, 3.05) is 13.1 Å². The number of likely N-dealkylation sites (tertiary alicyclic amines) is 1. The number of aliphatic hydroxyl groups is 1. The highest BCUT2D eigenvalue weighted by Crippen LogP contribution is 2.22. The number of rotatable bonds is 3. The highest BCUT2D eigenvalue weighted by Gasteiger charge is 2.26. The fourth-order valence-corrected chi connectivity index (χ4v) is 3.17. The first-order valence-corrected chi connectivity index (χ1v) is 8.29. The summed E-state index contributed by atoms with van der Waals surface area (Å²) < 4.78 is 13.7. The smallest absolute Gasteiger partial charge is 0.317 e. The quantitative estimate of drug-likeness (QED) is 0.897. The van der Waals surface area contributed by atoms with Crippen LogP contribution in [0, 0.1) is 25.6 Å². The number of nitrogens with zero attached hydrogens (tertiary/aromatic N) is 1. The Balaban J connectivity index is 1.95. The van der Waals surface area contributed by atoms with Crippen LogP contribution in [0.3, 0.4) is 0 Å². The first kappa shape index (κ1) is 17.7. The fraction of sp³-hybridized carbons (Fsp3) is 0.611. The Morgan fingerprint density at radius 2 is 1.78 bits per heavy atom. The van der Waals surface area contributed by atoms with Crippen LogP contribution < -0.4 is 5.32 Å². The van der Waals surface area contributed by atoms with E-state index in [-0.39, 0.29) is 29.9 Å². The molecule has 1 aliphatic rings. The average Bonchev–Trinajstić information content (AvgIpc) is 2.52. The second kappa shape index (κ2) is 7.30. The minimum atomic E-state index is -0.315. The van der Waals surface area contributed by atoms with Crippen LogP contribution in [0.25, 0.3) is 0 Å². The largest absolute Gasteiger partial charge is 0.393 e. The van der Waals surface area contributed by atoms with E-state index < -0.39 is 0 Å². The molecule has 0 saturated carbocycles. The van der Waals surface area contributed by atoms with Gasteiger partial charge < -0.3 is 15.3 Å². The number of nitrogens with one attached hydrogen (secondary N) is 1. The Morgan fingerprint density at radius 3 is 2.26 bits per heavy atom. The number of amides is 2. The van der Waals surface area contributed by atoms with Gasteiger partial charge in [-0.15, -0.1) is 0 Å². The topological polar surface area (TPSA) is 52.6 Å². The van der Waals surface area contributed by atoms with Crippen molar-refractivity contribution in [2.24, 2.45) is 5.92 Å². The molecule has 1 aromatic carbocycles. The van der Waals surface area contributed by atoms with Gasteiger partial charge in [-0.2, -0.15) is 0 Å². The second-order valence-electron chi connectivity index (χ2n) is 6.70. The van der Waals surface area contributed by atoms with Crippen LogP contribution >= 0.6 is 0 Å². The Morgan fingerprint density at radius 1 is 1.26 bits per heavy atom. The Bertz CT molecular complexity index is 543. The third kappa shape index (κ3) is 4.22. The van der Waals surface area contributed by atoms with Crippen LogP contribution in [-0.4, -0.2) is 35.2 Å². The van der Waals surface area contributed by atoms with Crippen molar-refractivity contribution in [3.05, 3.63) is 34.6 Å². The molecule has 1 heterocycles. The monoisotopic (exact) mass is 322 g/mol. The lowest BCUT2D eigenvalue weighted by Gasteiger charge is -2.34. The Kier molecular flexibility index (Phi) is 5.63. The van der Waals surface area contributed by atoms with E-state index in [1.54, 1.807) is 30.9 Å². The number of halogens is 1. The number of urea groups is 1. The van der Waals surface area contributed by atoms with Gasteiger partial charge in [0.15, 0.2) is 0 Å². The number of carbonyl (C=O) groups is 1. The average molecular weight is 322 g/mol. The maximum absolute atomic E-state index is 13.7. The van der Waals surface area contributed by atoms with Crippen LogP contribution in [0.15, 0.2) is 12.1 Å². The lowest BCUT2D eigenvalue weighted by molar-refractivity contribution is 0.0794. The number of carbonyl (C=O) groups excluding carboxylic acids is 1. The molecule has 0 aliphatic carbocycles. The zero-order valence-corrected chi connectivity index (χ0v) is 14.4. The normalized spacial score (nSPS) is 18.6. The van der Waals surface area contributed by atoms with E-state index in [0.717, 1.165) is 18.4 Å². The summed E-state index contributed by atoms with van der Waals surface area (Å²) in [5, 5.41) is 12.6. The highest BCUT2D eigenvalue weighted by atomic mass is 19.1. The predicted molar refractivity (Wildman–Crippen MR) is 88.8 cm³/mol. The van der Waals surface area contributed by atoms with Crippen molar-refractivity contribution in [1.82, 2.24) is 10.2 Å². The van der Waals surface area contributed by atoms with Gasteiger partial charge in [-0.05, 0) is 63.1 Å². The molecule has 2 rings (SSSR count). The molecule has 2 atom stereocenters. The van der Waals surface area contributed by atoms with E-state index in [1.165, 1.54) is 0 Å². The minimum Gasteiger partial charge on any atom is -0.393 e. The SMILES string of the molecule is Cc1cc(C(C)NC(=O)N2CCC(C(C)O)CC2)cc(C)c1F. The van der Waals surface area contributed by atoms with Crippen molar-refractivity contribution in [3.63, 3.8) is 0 Å². The van der Waals surface area contributed by atoms with Crippen molar-refractivity contribution >= 4 is 6.03 Å². The number of piperidine rings is 1. The molecule has 1 fully saturated rings. The molecule has 2 amide bonds. The van der Waals surface area contributed by atoms with Gasteiger partial charge in [0.25, 0.3) is 0 Å². The molecule has 23 heavy (non-hydrogen) atoms. The molecule has 4 nitrogen and oxygen atoms in total. The summed E-state index contributed by atoms with van der Waals surface area (Å²) in [5.41, 5.74) is 2.10. The van der Waals surface area contributed by atoms with E-state index in [2.05, 4.69) is 5.32 Å². The van der Waals surface area contributed by atoms with Crippen molar-refractivity contribution in [2.45, 2.75) is 52.7 Å². The van der Waals surface area contributed by atoms with Crippen LogP contribution in [-0.2, 0) is 0 Å². The summed E-state index contributed by atoms with van der Waals surface area (Å²) >= 11 is 0. The predicted octanol–water partition coefficient (Wildman–Crippen LogP) is 3.31. The second-order valence-corrected chi connectivity index (χ2v) is 6.70. The number of hydrogen-bond acceptors (Lipinski definition) is 2. The molecule has 1 aliphatic heterocycles. The summed E-state index contributed by atoms with van der Waals surface area (Å²) in [6.07, 6.45) is 1.34. The third-order valence-electron chi connectivity index (χ3n) is 4.81. The molecule has 0 bridgehead atoms. The van der Waals surface area contributed by atoms with Crippen molar-refractivity contribution in [1.29, 1.82) is 0 Å². The van der Waals surface area contributed by atoms with Gasteiger partial charge in [0.05, 0.1) is 12.1 Å². The highest BCUT2D eigenvalue weighted by molar-refractivity contribution is 5.74. The number of aryl methyl sites for hydroxylation is 2. The van der Waals surface area contributed by atoms with Crippen LogP contribution in [0.5, 0.6) is 0 Å². The van der Waals surface area contributed by atoms with Gasteiger partial charge in [-0.25, -0.2) is 9.18 Å². The van der Waals surface area contributed by atoms with E-state index in [9.17, 15) is 14.3 Å². The number of hydrogen-bond donors (Lipinski definition) is 2. The van der Waals surface area contributed by atoms with Gasteiger partial charge in [0.1, 0.15) is 5.82 Å². The van der Waals surface area contributed by atoms with Gasteiger partial charge >= 0.3 is 6.03 Å². The number of benzene rings is 1. The van der Waals surface area contributed by atoms with Crippen LogP contribution in [0.4, 0.5) is 9.18 Å². The van der Waals surface area contributed by atoms with Crippen molar-refractivity contribution in [3.8, 4) is 0 Å². The molecule has 0 spiro atoms. The first-order valence-electron chi connectivity index (χ1n) is 8.29. The van der Waals surface area contributed by atoms with Crippen molar-refractivity contribution < 1.29 is 14.3 Å². The summed E-state index contributed by atoms with van der Waals surface area (Å²) in [5.74, 6) is 0.0892. The standard InChI is InChI=1S/C18H27FN2O2/c1-11-9-16(10-12(2)17(11)19)13(3)20-18(23)21-7-5-15(6-8-21)14(4)22/h9-10,13-15,22H,5-8H2,1-4H3,(H,20,23). The van der Waals surface area contributed by atoms with Crippen LogP contribution in [0.1, 0.15) is 49.4 Å². The van der Waals surface area contributed by atoms with Gasteiger partial charge in [0, 0.05) is 13.1 Å². The molecular weight excluding hydrogens is 295 g/mol. The summed E-state index contributed by atoms with van der Waals surface area (Å²) in [4.78, 5) is 14.2. The lowest BCUT2D eigenvalue weighted by atomic mass is 9.92. The van der Waals surface area contributed by atoms with Crippen LogP contribution in [0.2, 0.25) is 0 Å². The molecule has 128 valence electrons. The summed E-state index contributed by atoms with van der Waals surface area (Å²) in [7, 11) is 0. The Hall–Kier alpha value is -1.62. The zero-order chi connectivity index (χ0) is 17.1. The molecule has 5 heteroatoms. The van der Waals surface area contributed by atoms with E-state index >= 15 is 0 Å². The number of aliphatic hydroxyl groups excluding tert-OH is 1. The Labute approximate surface area is 137 Å². The first-order chi connectivity index (χ1) is 10.8. The van der Waals surface area contributed by atoms with E-state index in [1.807, 2.05) is 13.8 Å². The maximum Gasteiger partial charge on any atom is 0.317 e. The zero-order valence-electron chi connectivity index (χ0n) is 14.4. The molecule has 1 aromatic rings.